The standard InChI is InChI=1S/2C24H32ClNOS.2C23H31ClN2O/c2*1-18(27)24(2,3)14-8-4-5-11-22(20-9-6-7-10-21(20)25)26-15-12-23-19(17-26)13-16-28-23;2*1-17(27)23(2,3)13-7-6-10-22(19-8-4-5-9-20(19)24)26-15-12-21-18(16-26)11-14-25-21/h2*6-7,9-10,13,16,22H,4-5,8,11-12,14-15,17H2,1-3H3;2*4-5,8-9,11,14,22,25H,6-7,10,12-13,15-16H2,1-3H3. The monoisotopic (exact) mass is 1610 g/mol. The predicted molar refractivity (Wildman–Crippen MR) is 464 cm³/mol. The second-order valence-corrected chi connectivity index (χ2v) is 37.8. The van der Waals surface area contributed by atoms with Crippen molar-refractivity contribution >= 4 is 92.2 Å². The molecule has 4 aliphatic heterocycles. The van der Waals surface area contributed by atoms with E-state index in [9.17, 15) is 19.2 Å². The number of benzene rings is 4. The van der Waals surface area contributed by atoms with Gasteiger partial charge in [-0.1, -0.05) is 239 Å². The average Bonchev–Trinajstić information content (AvgIpc) is 1.53. The van der Waals surface area contributed by atoms with Crippen molar-refractivity contribution in [1.82, 2.24) is 29.6 Å². The van der Waals surface area contributed by atoms with Crippen molar-refractivity contribution in [1.29, 1.82) is 0 Å². The molecule has 2 N–H and O–H groups in total. The maximum atomic E-state index is 11.8. The van der Waals surface area contributed by atoms with Crippen molar-refractivity contribution in [3.05, 3.63) is 230 Å². The lowest BCUT2D eigenvalue weighted by Gasteiger charge is -2.35. The van der Waals surface area contributed by atoms with Crippen molar-refractivity contribution in [2.75, 3.05) is 26.2 Å². The molecular formula is C94H126Cl4N6O4S2. The third-order valence-electron chi connectivity index (χ3n) is 24.8. The SMILES string of the molecule is CC(=O)C(C)(C)CCCCC(c1ccccc1Cl)N1CCc2[nH]ccc2C1.CC(=O)C(C)(C)CCCCC(c1ccccc1Cl)N1CCc2[nH]ccc2C1.CC(=O)C(C)(C)CCCCCC(c1ccccc1Cl)N1CCc2sccc2C1.CC(=O)C(C)(C)CCCCCC(c1ccccc1Cl)N1CCc2sccc2C1. The Balaban J connectivity index is 0.000000169. The number of ketones is 4. The number of nitrogens with zero attached hydrogens (tertiary/aromatic N) is 4. The summed E-state index contributed by atoms with van der Waals surface area (Å²) >= 11 is 30.1. The molecule has 8 aromatic rings. The lowest BCUT2D eigenvalue weighted by molar-refractivity contribution is -0.125. The minimum atomic E-state index is -0.217. The van der Waals surface area contributed by atoms with E-state index in [0.717, 1.165) is 214 Å². The molecule has 0 bridgehead atoms. The molecule has 0 spiro atoms. The molecule has 16 heteroatoms. The predicted octanol–water partition coefficient (Wildman–Crippen LogP) is 26.0. The Morgan fingerprint density at radius 2 is 0.600 bits per heavy atom. The van der Waals surface area contributed by atoms with E-state index in [2.05, 4.69) is 169 Å². The molecule has 0 amide bonds. The first-order valence-electron chi connectivity index (χ1n) is 40.9. The zero-order valence-corrected chi connectivity index (χ0v) is 72.8. The molecule has 4 unspecified atom stereocenters. The number of hydrogen-bond donors (Lipinski definition) is 2. The number of Topliss-reactive ketones (excluding diaryl/α,β-unsaturated/α-hetero) is 4. The average molecular weight is 1610 g/mol. The van der Waals surface area contributed by atoms with Gasteiger partial charge in [-0.15, -0.1) is 22.7 Å². The number of aromatic amines is 2. The second kappa shape index (κ2) is 42.2. The Hall–Kier alpha value is -5.48. The van der Waals surface area contributed by atoms with Crippen LogP contribution in [0.5, 0.6) is 0 Å². The van der Waals surface area contributed by atoms with E-state index in [0.29, 0.717) is 35.7 Å². The fourth-order valence-electron chi connectivity index (χ4n) is 16.1. The maximum Gasteiger partial charge on any atom is 0.135 e. The molecule has 4 aliphatic rings. The lowest BCUT2D eigenvalue weighted by atomic mass is 9.83. The van der Waals surface area contributed by atoms with Gasteiger partial charge in [0.1, 0.15) is 23.1 Å². The number of halogens is 4. The van der Waals surface area contributed by atoms with Crippen LogP contribution in [0.4, 0.5) is 0 Å². The van der Waals surface area contributed by atoms with Crippen LogP contribution < -0.4 is 0 Å². The van der Waals surface area contributed by atoms with E-state index in [1.165, 1.54) is 55.9 Å². The summed E-state index contributed by atoms with van der Waals surface area (Å²) in [5, 5.41) is 7.89. The number of carbonyl (C=O) groups excluding carboxylic acids is 4. The van der Waals surface area contributed by atoms with Gasteiger partial charge in [-0.2, -0.15) is 0 Å². The molecule has 0 radical (unpaired) electrons. The number of hydrogen-bond acceptors (Lipinski definition) is 10. The summed E-state index contributed by atoms with van der Waals surface area (Å²) in [5.41, 5.74) is 12.6. The molecule has 0 aliphatic carbocycles. The highest BCUT2D eigenvalue weighted by molar-refractivity contribution is 7.10. The Kier molecular flexibility index (Phi) is 34.0. The third kappa shape index (κ3) is 25.3. The molecule has 4 atom stereocenters. The summed E-state index contributed by atoms with van der Waals surface area (Å²) in [6, 6.07) is 43.4. The van der Waals surface area contributed by atoms with Gasteiger partial charge < -0.3 is 9.97 Å². The molecular weight excluding hydrogens is 1480 g/mol. The molecule has 0 fully saturated rings. The topological polar surface area (TPSA) is 113 Å². The highest BCUT2D eigenvalue weighted by Gasteiger charge is 2.34. The summed E-state index contributed by atoms with van der Waals surface area (Å²) in [5.74, 6) is 1.14. The summed E-state index contributed by atoms with van der Waals surface area (Å²) in [6.07, 6.45) is 27.9. The van der Waals surface area contributed by atoms with Crippen LogP contribution in [0, 0.1) is 21.7 Å². The first-order chi connectivity index (χ1) is 52.5. The second-order valence-electron chi connectivity index (χ2n) is 34.2. The Labute approximate surface area is 688 Å². The Morgan fingerprint density at radius 1 is 0.345 bits per heavy atom. The normalized spacial score (nSPS) is 16.1. The maximum absolute atomic E-state index is 11.8. The Bertz CT molecular complexity index is 3950. The van der Waals surface area contributed by atoms with E-state index in [4.69, 9.17) is 46.4 Å². The number of fused-ring (bicyclic) bond motifs is 4. The largest absolute Gasteiger partial charge is 0.365 e. The van der Waals surface area contributed by atoms with Crippen LogP contribution in [-0.4, -0.2) is 78.9 Å². The van der Waals surface area contributed by atoms with Crippen molar-refractivity contribution in [3.63, 3.8) is 0 Å². The van der Waals surface area contributed by atoms with E-state index in [-0.39, 0.29) is 33.2 Å². The summed E-state index contributed by atoms with van der Waals surface area (Å²) in [4.78, 5) is 67.1. The van der Waals surface area contributed by atoms with Gasteiger partial charge in [0.2, 0.25) is 0 Å². The van der Waals surface area contributed by atoms with E-state index in [1.807, 2.05) is 83.6 Å². The Morgan fingerprint density at radius 3 is 0.882 bits per heavy atom. The quantitative estimate of drug-likeness (QED) is 0.0384. The van der Waals surface area contributed by atoms with Crippen LogP contribution in [0.2, 0.25) is 20.1 Å². The minimum absolute atomic E-state index is 0.190. The number of H-pyrrole nitrogens is 2. The van der Waals surface area contributed by atoms with Gasteiger partial charge in [0.15, 0.2) is 0 Å². The van der Waals surface area contributed by atoms with Gasteiger partial charge in [0.05, 0.1) is 0 Å². The zero-order valence-electron chi connectivity index (χ0n) is 68.1. The lowest BCUT2D eigenvalue weighted by Crippen LogP contribution is -2.34. The highest BCUT2D eigenvalue weighted by atomic mass is 35.5. The summed E-state index contributed by atoms with van der Waals surface area (Å²) < 4.78 is 0. The van der Waals surface area contributed by atoms with Crippen LogP contribution in [0.3, 0.4) is 0 Å². The van der Waals surface area contributed by atoms with Crippen molar-refractivity contribution in [3.8, 4) is 0 Å². The number of aromatic nitrogens is 2. The van der Waals surface area contributed by atoms with Crippen LogP contribution in [0.15, 0.2) is 144 Å². The molecule has 110 heavy (non-hydrogen) atoms. The third-order valence-corrected chi connectivity index (χ3v) is 28.3. The zero-order chi connectivity index (χ0) is 79.2. The molecule has 4 aromatic carbocycles. The van der Waals surface area contributed by atoms with Gasteiger partial charge in [-0.05, 0) is 196 Å². The van der Waals surface area contributed by atoms with Gasteiger partial charge >= 0.3 is 0 Å². The first-order valence-corrected chi connectivity index (χ1v) is 44.2. The first kappa shape index (κ1) is 88.5. The highest BCUT2D eigenvalue weighted by Crippen LogP contribution is 2.42. The van der Waals surface area contributed by atoms with Gasteiger partial charge in [0.25, 0.3) is 0 Å². The summed E-state index contributed by atoms with van der Waals surface area (Å²) in [6.45, 7) is 31.6. The van der Waals surface area contributed by atoms with Crippen LogP contribution >= 0.6 is 69.1 Å². The summed E-state index contributed by atoms with van der Waals surface area (Å²) in [7, 11) is 0. The molecule has 8 heterocycles. The molecule has 10 nitrogen and oxygen atoms in total. The van der Waals surface area contributed by atoms with E-state index >= 15 is 0 Å². The smallest absolute Gasteiger partial charge is 0.135 e. The number of thiophene rings is 2. The van der Waals surface area contributed by atoms with Crippen molar-refractivity contribution in [2.24, 2.45) is 21.7 Å². The molecule has 596 valence electrons. The minimum Gasteiger partial charge on any atom is -0.365 e. The number of carbonyl (C=O) groups is 4. The molecule has 4 aromatic heterocycles. The van der Waals surface area contributed by atoms with Crippen molar-refractivity contribution in [2.45, 2.75) is 275 Å². The van der Waals surface area contributed by atoms with Crippen LogP contribution in [0.1, 0.15) is 288 Å². The fraction of sp³-hybridized carbons (Fsp3) is 0.532. The fourth-order valence-corrected chi connectivity index (χ4v) is 19.0. The molecule has 0 saturated heterocycles. The van der Waals surface area contributed by atoms with Gasteiger partial charge in [-0.25, -0.2) is 0 Å². The number of nitrogens with one attached hydrogen (secondary N) is 2. The van der Waals surface area contributed by atoms with Crippen LogP contribution in [-0.2, 0) is 71.0 Å². The molecule has 0 saturated carbocycles. The van der Waals surface area contributed by atoms with E-state index in [1.54, 1.807) is 37.4 Å². The van der Waals surface area contributed by atoms with Gasteiger partial charge in [-0.3, -0.25) is 38.8 Å². The molecule has 12 rings (SSSR count). The van der Waals surface area contributed by atoms with Crippen molar-refractivity contribution < 1.29 is 19.2 Å². The number of unbranched alkanes of at least 4 members (excludes halogenated alkanes) is 6. The van der Waals surface area contributed by atoms with Crippen LogP contribution in [0.25, 0.3) is 0 Å². The van der Waals surface area contributed by atoms with Gasteiger partial charge in [0, 0.05) is 165 Å². The van der Waals surface area contributed by atoms with E-state index < -0.39 is 0 Å². The number of rotatable bonds is 34.